The predicted octanol–water partition coefficient (Wildman–Crippen LogP) is 3.32. The van der Waals surface area contributed by atoms with Crippen molar-refractivity contribution in [2.75, 3.05) is 5.32 Å². The van der Waals surface area contributed by atoms with Crippen molar-refractivity contribution >= 4 is 16.7 Å². The molecule has 17 heavy (non-hydrogen) atoms. The van der Waals surface area contributed by atoms with E-state index in [0.29, 0.717) is 17.3 Å². The molecule has 0 spiro atoms. The second kappa shape index (κ2) is 4.36. The van der Waals surface area contributed by atoms with Crippen molar-refractivity contribution in [2.24, 2.45) is 0 Å². The van der Waals surface area contributed by atoms with Crippen LogP contribution in [-0.2, 0) is 6.18 Å². The van der Waals surface area contributed by atoms with Gasteiger partial charge < -0.3 is 9.73 Å². The van der Waals surface area contributed by atoms with E-state index in [0.717, 1.165) is 0 Å². The Labute approximate surface area is 98.6 Å². The summed E-state index contributed by atoms with van der Waals surface area (Å²) in [4.78, 5) is 3.36. The Bertz CT molecular complexity index is 480. The van der Waals surface area contributed by atoms with Crippen LogP contribution in [0.25, 0.3) is 0 Å². The lowest BCUT2D eigenvalue weighted by atomic mass is 10.3. The third kappa shape index (κ3) is 2.76. The van der Waals surface area contributed by atoms with E-state index in [4.69, 9.17) is 4.42 Å². The summed E-state index contributed by atoms with van der Waals surface area (Å²) in [5, 5.41) is 2.90. The van der Waals surface area contributed by atoms with Gasteiger partial charge in [-0.15, -0.1) is 0 Å². The van der Waals surface area contributed by atoms with Crippen molar-refractivity contribution < 1.29 is 17.6 Å². The van der Waals surface area contributed by atoms with Crippen LogP contribution in [0.1, 0.15) is 24.6 Å². The summed E-state index contributed by atoms with van der Waals surface area (Å²) in [7, 11) is 0. The van der Waals surface area contributed by atoms with Crippen LogP contribution >= 0.6 is 11.5 Å². The van der Waals surface area contributed by atoms with Gasteiger partial charge in [0, 0.05) is 11.5 Å². The number of hydrogen-bond acceptors (Lipinski definition) is 5. The highest BCUT2D eigenvalue weighted by Gasteiger charge is 2.36. The topological polar surface area (TPSA) is 51.0 Å². The molecule has 92 valence electrons. The molecule has 0 aliphatic carbocycles. The Morgan fingerprint density at radius 2 is 2.24 bits per heavy atom. The van der Waals surface area contributed by atoms with Crippen LogP contribution in [0.4, 0.5) is 18.3 Å². The van der Waals surface area contributed by atoms with Crippen LogP contribution < -0.4 is 5.32 Å². The second-order valence-corrected chi connectivity index (χ2v) is 4.05. The van der Waals surface area contributed by atoms with Crippen LogP contribution in [0.3, 0.4) is 0 Å². The standard InChI is InChI=1S/C9H8F3N3OS/c1-5(6-3-2-4-16-6)13-8-14-7(15-17-8)9(10,11)12/h2-5H,1H3,(H,13,14,15). The Balaban J connectivity index is 2.07. The SMILES string of the molecule is CC(Nc1nc(C(F)(F)F)ns1)c1ccco1. The molecular formula is C9H8F3N3OS. The molecule has 0 bridgehead atoms. The van der Waals surface area contributed by atoms with Gasteiger partial charge in [0.1, 0.15) is 5.76 Å². The van der Waals surface area contributed by atoms with E-state index in [-0.39, 0.29) is 11.2 Å². The van der Waals surface area contributed by atoms with Gasteiger partial charge >= 0.3 is 6.18 Å². The number of aromatic nitrogens is 2. The van der Waals surface area contributed by atoms with Crippen molar-refractivity contribution in [3.63, 3.8) is 0 Å². The lowest BCUT2D eigenvalue weighted by Gasteiger charge is -2.08. The van der Waals surface area contributed by atoms with Gasteiger partial charge in [0.05, 0.1) is 12.3 Å². The van der Waals surface area contributed by atoms with E-state index >= 15 is 0 Å². The highest BCUT2D eigenvalue weighted by molar-refractivity contribution is 7.09. The van der Waals surface area contributed by atoms with Gasteiger partial charge in [-0.3, -0.25) is 0 Å². The zero-order valence-corrected chi connectivity index (χ0v) is 9.47. The molecule has 2 aromatic heterocycles. The predicted molar refractivity (Wildman–Crippen MR) is 55.7 cm³/mol. The van der Waals surface area contributed by atoms with Crippen LogP contribution in [0.2, 0.25) is 0 Å². The van der Waals surface area contributed by atoms with E-state index in [2.05, 4.69) is 14.7 Å². The first-order valence-corrected chi connectivity index (χ1v) is 5.45. The molecule has 0 aliphatic heterocycles. The summed E-state index contributed by atoms with van der Waals surface area (Å²) in [6.45, 7) is 1.76. The number of furan rings is 1. The molecule has 0 fully saturated rings. The molecule has 0 amide bonds. The zero-order chi connectivity index (χ0) is 12.5. The van der Waals surface area contributed by atoms with Gasteiger partial charge in [0.2, 0.25) is 11.0 Å². The summed E-state index contributed by atoms with van der Waals surface area (Å²) in [6, 6.07) is 3.16. The summed E-state index contributed by atoms with van der Waals surface area (Å²) in [6.07, 6.45) is -3.01. The maximum absolute atomic E-state index is 12.2. The van der Waals surface area contributed by atoms with E-state index in [1.54, 1.807) is 19.1 Å². The highest BCUT2D eigenvalue weighted by atomic mass is 32.1. The summed E-state index contributed by atoms with van der Waals surface area (Å²) in [5.74, 6) is -0.509. The first kappa shape index (κ1) is 11.9. The smallest absolute Gasteiger partial charge is 0.452 e. The minimum absolute atomic E-state index is 0.112. The van der Waals surface area contributed by atoms with Crippen LogP contribution in [0, 0.1) is 0 Å². The molecule has 0 saturated heterocycles. The molecule has 0 aromatic carbocycles. The number of alkyl halides is 3. The molecular weight excluding hydrogens is 255 g/mol. The van der Waals surface area contributed by atoms with Crippen molar-refractivity contribution in [1.29, 1.82) is 0 Å². The number of nitrogens with zero attached hydrogens (tertiary/aromatic N) is 2. The average molecular weight is 263 g/mol. The molecule has 1 N–H and O–H groups in total. The van der Waals surface area contributed by atoms with Gasteiger partial charge in [0.25, 0.3) is 0 Å². The van der Waals surface area contributed by atoms with Gasteiger partial charge in [-0.2, -0.15) is 22.5 Å². The van der Waals surface area contributed by atoms with Crippen molar-refractivity contribution in [3.05, 3.63) is 30.0 Å². The number of hydrogen-bond donors (Lipinski definition) is 1. The van der Waals surface area contributed by atoms with E-state index in [1.165, 1.54) is 6.26 Å². The van der Waals surface area contributed by atoms with Gasteiger partial charge in [0.15, 0.2) is 0 Å². The summed E-state index contributed by atoms with van der Waals surface area (Å²) in [5.41, 5.74) is 0. The Morgan fingerprint density at radius 3 is 2.76 bits per heavy atom. The average Bonchev–Trinajstić information content (AvgIpc) is 2.85. The normalized spacial score (nSPS) is 13.6. The fraction of sp³-hybridized carbons (Fsp3) is 0.333. The van der Waals surface area contributed by atoms with Crippen molar-refractivity contribution in [2.45, 2.75) is 19.1 Å². The maximum Gasteiger partial charge on any atom is 0.452 e. The maximum atomic E-state index is 12.2. The molecule has 4 nitrogen and oxygen atoms in total. The molecule has 2 aromatic rings. The third-order valence-electron chi connectivity index (χ3n) is 1.99. The molecule has 0 saturated carbocycles. The minimum atomic E-state index is -4.51. The number of anilines is 1. The molecule has 2 heterocycles. The Morgan fingerprint density at radius 1 is 1.47 bits per heavy atom. The van der Waals surface area contributed by atoms with Gasteiger partial charge in [-0.1, -0.05) is 0 Å². The molecule has 2 rings (SSSR count). The van der Waals surface area contributed by atoms with Gasteiger partial charge in [-0.05, 0) is 19.1 Å². The van der Waals surface area contributed by atoms with Gasteiger partial charge in [-0.25, -0.2) is 0 Å². The fourth-order valence-electron chi connectivity index (χ4n) is 1.19. The van der Waals surface area contributed by atoms with E-state index in [1.807, 2.05) is 0 Å². The lowest BCUT2D eigenvalue weighted by Crippen LogP contribution is -2.09. The lowest BCUT2D eigenvalue weighted by molar-refractivity contribution is -0.144. The largest absolute Gasteiger partial charge is 0.467 e. The monoisotopic (exact) mass is 263 g/mol. The zero-order valence-electron chi connectivity index (χ0n) is 8.65. The molecule has 0 aliphatic rings. The number of halogens is 3. The number of rotatable bonds is 3. The van der Waals surface area contributed by atoms with Crippen LogP contribution in [-0.4, -0.2) is 9.36 Å². The molecule has 0 radical (unpaired) electrons. The van der Waals surface area contributed by atoms with Crippen molar-refractivity contribution in [1.82, 2.24) is 9.36 Å². The molecule has 1 unspecified atom stereocenters. The van der Waals surface area contributed by atoms with Crippen molar-refractivity contribution in [3.8, 4) is 0 Å². The number of nitrogens with one attached hydrogen (secondary N) is 1. The molecule has 8 heteroatoms. The van der Waals surface area contributed by atoms with Crippen LogP contribution in [0.5, 0.6) is 0 Å². The Kier molecular flexibility index (Phi) is 3.05. The first-order valence-electron chi connectivity index (χ1n) is 4.67. The second-order valence-electron chi connectivity index (χ2n) is 3.30. The fourth-order valence-corrected chi connectivity index (χ4v) is 1.87. The third-order valence-corrected chi connectivity index (χ3v) is 2.64. The summed E-state index contributed by atoms with van der Waals surface area (Å²) >= 11 is 0.668. The van der Waals surface area contributed by atoms with E-state index in [9.17, 15) is 13.2 Å². The minimum Gasteiger partial charge on any atom is -0.467 e. The quantitative estimate of drug-likeness (QED) is 0.922. The van der Waals surface area contributed by atoms with Crippen LogP contribution in [0.15, 0.2) is 22.8 Å². The first-order chi connectivity index (χ1) is 7.97. The van der Waals surface area contributed by atoms with E-state index < -0.39 is 12.0 Å². The summed E-state index contributed by atoms with van der Waals surface area (Å²) < 4.78 is 45.1. The highest BCUT2D eigenvalue weighted by Crippen LogP contribution is 2.30. The molecule has 1 atom stereocenters. The Hall–Kier alpha value is -1.57.